The average Bonchev–Trinajstić information content (AvgIpc) is 2.39. The summed E-state index contributed by atoms with van der Waals surface area (Å²) >= 11 is 3.46. The lowest BCUT2D eigenvalue weighted by Gasteiger charge is -2.27. The van der Waals surface area contributed by atoms with Crippen LogP contribution in [0.3, 0.4) is 0 Å². The van der Waals surface area contributed by atoms with E-state index < -0.39 is 0 Å². The van der Waals surface area contributed by atoms with Gasteiger partial charge in [-0.1, -0.05) is 24.3 Å². The van der Waals surface area contributed by atoms with Crippen molar-refractivity contribution in [1.29, 1.82) is 0 Å². The highest BCUT2D eigenvalue weighted by molar-refractivity contribution is 9.10. The van der Waals surface area contributed by atoms with E-state index in [1.807, 2.05) is 6.20 Å². The van der Waals surface area contributed by atoms with E-state index in [4.69, 9.17) is 0 Å². The molecule has 1 aromatic carbocycles. The molecule has 0 saturated heterocycles. The van der Waals surface area contributed by atoms with Gasteiger partial charge in [0, 0.05) is 10.7 Å². The van der Waals surface area contributed by atoms with Crippen molar-refractivity contribution in [3.05, 3.63) is 58.3 Å². The van der Waals surface area contributed by atoms with Gasteiger partial charge < -0.3 is 5.32 Å². The van der Waals surface area contributed by atoms with Crippen LogP contribution < -0.4 is 5.32 Å². The highest BCUT2D eigenvalue weighted by Gasteiger charge is 2.19. The highest BCUT2D eigenvalue weighted by Crippen LogP contribution is 2.32. The highest BCUT2D eigenvalue weighted by atomic mass is 79.9. The number of fused-ring (bicyclic) bond motifs is 1. The molecule has 0 saturated carbocycles. The summed E-state index contributed by atoms with van der Waals surface area (Å²) < 4.78 is 1.01. The quantitative estimate of drug-likeness (QED) is 0.893. The second-order valence-corrected chi connectivity index (χ2v) is 5.60. The zero-order valence-corrected chi connectivity index (χ0v) is 11.7. The van der Waals surface area contributed by atoms with Crippen molar-refractivity contribution in [2.24, 2.45) is 0 Å². The first-order valence-corrected chi connectivity index (χ1v) is 7.07. The molecule has 0 fully saturated rings. The van der Waals surface area contributed by atoms with E-state index in [0.29, 0.717) is 6.04 Å². The predicted octanol–water partition coefficient (Wildman–Crippen LogP) is 4.33. The molecule has 2 nitrogen and oxygen atoms in total. The van der Waals surface area contributed by atoms with E-state index in [-0.39, 0.29) is 0 Å². The summed E-state index contributed by atoms with van der Waals surface area (Å²) in [7, 11) is 0. The van der Waals surface area contributed by atoms with Crippen molar-refractivity contribution < 1.29 is 0 Å². The zero-order chi connectivity index (χ0) is 12.4. The molecular weight excluding hydrogens is 288 g/mol. The van der Waals surface area contributed by atoms with Gasteiger partial charge in [-0.05, 0) is 52.4 Å². The number of aromatic nitrogens is 1. The maximum Gasteiger partial charge on any atom is 0.0542 e. The fraction of sp³-hybridized carbons (Fsp3) is 0.267. The number of hydrogen-bond donors (Lipinski definition) is 1. The van der Waals surface area contributed by atoms with Crippen LogP contribution in [0.2, 0.25) is 0 Å². The van der Waals surface area contributed by atoms with E-state index in [9.17, 15) is 0 Å². The third-order valence-corrected chi connectivity index (χ3v) is 3.85. The normalized spacial score (nSPS) is 18.2. The zero-order valence-electron chi connectivity index (χ0n) is 10.1. The number of aryl methyl sites for hydroxylation is 1. The fourth-order valence-corrected chi connectivity index (χ4v) is 2.96. The molecule has 2 aromatic rings. The number of anilines is 1. The van der Waals surface area contributed by atoms with E-state index in [1.165, 1.54) is 30.4 Å². The van der Waals surface area contributed by atoms with Gasteiger partial charge in [-0.15, -0.1) is 0 Å². The van der Waals surface area contributed by atoms with Crippen molar-refractivity contribution in [2.75, 3.05) is 5.32 Å². The Morgan fingerprint density at radius 1 is 1.22 bits per heavy atom. The predicted molar refractivity (Wildman–Crippen MR) is 77.7 cm³/mol. The van der Waals surface area contributed by atoms with Gasteiger partial charge in [-0.2, -0.15) is 0 Å². The summed E-state index contributed by atoms with van der Waals surface area (Å²) in [6, 6.07) is 11.2. The van der Waals surface area contributed by atoms with Crippen LogP contribution in [0.15, 0.2) is 47.2 Å². The van der Waals surface area contributed by atoms with Gasteiger partial charge in [0.15, 0.2) is 0 Å². The van der Waals surface area contributed by atoms with Crippen LogP contribution in [0.1, 0.15) is 30.0 Å². The SMILES string of the molecule is Brc1cncc(NC2CCCc3ccccc32)c1. The molecule has 1 aliphatic carbocycles. The van der Waals surface area contributed by atoms with Crippen molar-refractivity contribution in [2.45, 2.75) is 25.3 Å². The molecule has 0 radical (unpaired) electrons. The van der Waals surface area contributed by atoms with E-state index in [1.54, 1.807) is 6.20 Å². The van der Waals surface area contributed by atoms with Gasteiger partial charge in [0.1, 0.15) is 0 Å². The van der Waals surface area contributed by atoms with Crippen LogP contribution in [-0.4, -0.2) is 4.98 Å². The largest absolute Gasteiger partial charge is 0.377 e. The van der Waals surface area contributed by atoms with Crippen LogP contribution in [0.4, 0.5) is 5.69 Å². The van der Waals surface area contributed by atoms with Crippen molar-refractivity contribution in [1.82, 2.24) is 4.98 Å². The van der Waals surface area contributed by atoms with E-state index >= 15 is 0 Å². The van der Waals surface area contributed by atoms with Crippen molar-refractivity contribution >= 4 is 21.6 Å². The lowest BCUT2D eigenvalue weighted by atomic mass is 9.87. The number of pyridine rings is 1. The molecule has 1 unspecified atom stereocenters. The molecular formula is C15H15BrN2. The first-order valence-electron chi connectivity index (χ1n) is 6.28. The molecule has 1 aromatic heterocycles. The smallest absolute Gasteiger partial charge is 0.0542 e. The molecule has 92 valence electrons. The van der Waals surface area contributed by atoms with Gasteiger partial charge in [-0.25, -0.2) is 0 Å². The van der Waals surface area contributed by atoms with E-state index in [2.05, 4.69) is 56.6 Å². The van der Waals surface area contributed by atoms with Crippen LogP contribution in [0, 0.1) is 0 Å². The lowest BCUT2D eigenvalue weighted by molar-refractivity contribution is 0.600. The van der Waals surface area contributed by atoms with Crippen LogP contribution in [0.25, 0.3) is 0 Å². The minimum atomic E-state index is 0.408. The summed E-state index contributed by atoms with van der Waals surface area (Å²) in [6.07, 6.45) is 7.31. The minimum absolute atomic E-state index is 0.408. The molecule has 1 N–H and O–H groups in total. The van der Waals surface area contributed by atoms with Crippen LogP contribution in [0.5, 0.6) is 0 Å². The maximum atomic E-state index is 4.20. The van der Waals surface area contributed by atoms with Gasteiger partial charge >= 0.3 is 0 Å². The summed E-state index contributed by atoms with van der Waals surface area (Å²) in [6.45, 7) is 0. The Labute approximate surface area is 116 Å². The second kappa shape index (κ2) is 5.11. The molecule has 0 amide bonds. The number of nitrogens with one attached hydrogen (secondary N) is 1. The Bertz CT molecular complexity index is 554. The molecule has 0 bridgehead atoms. The minimum Gasteiger partial charge on any atom is -0.377 e. The summed E-state index contributed by atoms with van der Waals surface area (Å²) in [5.74, 6) is 0. The third kappa shape index (κ3) is 2.41. The molecule has 0 spiro atoms. The number of benzene rings is 1. The molecule has 1 aliphatic rings. The van der Waals surface area contributed by atoms with Crippen molar-refractivity contribution in [3.63, 3.8) is 0 Å². The second-order valence-electron chi connectivity index (χ2n) is 4.68. The Kier molecular flexibility index (Phi) is 3.33. The van der Waals surface area contributed by atoms with Gasteiger partial charge in [-0.3, -0.25) is 4.98 Å². The van der Waals surface area contributed by atoms with Gasteiger partial charge in [0.25, 0.3) is 0 Å². The Balaban J connectivity index is 1.86. The molecule has 1 heterocycles. The van der Waals surface area contributed by atoms with E-state index in [0.717, 1.165) is 10.2 Å². The lowest BCUT2D eigenvalue weighted by Crippen LogP contribution is -2.17. The number of halogens is 1. The third-order valence-electron chi connectivity index (χ3n) is 3.42. The summed E-state index contributed by atoms with van der Waals surface area (Å²) in [5.41, 5.74) is 3.99. The molecule has 3 heteroatoms. The monoisotopic (exact) mass is 302 g/mol. The molecule has 18 heavy (non-hydrogen) atoms. The molecule has 3 rings (SSSR count). The average molecular weight is 303 g/mol. The number of nitrogens with zero attached hydrogens (tertiary/aromatic N) is 1. The Morgan fingerprint density at radius 2 is 2.11 bits per heavy atom. The number of rotatable bonds is 2. The summed E-state index contributed by atoms with van der Waals surface area (Å²) in [4.78, 5) is 4.20. The van der Waals surface area contributed by atoms with Gasteiger partial charge in [0.05, 0.1) is 17.9 Å². The molecule has 0 aliphatic heterocycles. The number of hydrogen-bond acceptors (Lipinski definition) is 2. The van der Waals surface area contributed by atoms with Crippen LogP contribution in [-0.2, 0) is 6.42 Å². The van der Waals surface area contributed by atoms with Crippen LogP contribution >= 0.6 is 15.9 Å². The maximum absolute atomic E-state index is 4.20. The topological polar surface area (TPSA) is 24.9 Å². The van der Waals surface area contributed by atoms with Crippen molar-refractivity contribution in [3.8, 4) is 0 Å². The molecule has 1 atom stereocenters. The first kappa shape index (κ1) is 11.7. The Morgan fingerprint density at radius 3 is 3.00 bits per heavy atom. The fourth-order valence-electron chi connectivity index (χ4n) is 2.60. The summed E-state index contributed by atoms with van der Waals surface area (Å²) in [5, 5.41) is 3.59. The van der Waals surface area contributed by atoms with Gasteiger partial charge in [0.2, 0.25) is 0 Å². The first-order chi connectivity index (χ1) is 8.83. The standard InChI is InChI=1S/C15H15BrN2/c16-12-8-13(10-17-9-12)18-15-7-3-5-11-4-1-2-6-14(11)15/h1-2,4,6,8-10,15,18H,3,5,7H2. The Hall–Kier alpha value is -1.35.